The maximum Gasteiger partial charge on any atom is 0.0640 e. The third kappa shape index (κ3) is 2.86. The van der Waals surface area contributed by atoms with Crippen molar-refractivity contribution < 1.29 is 0 Å². The van der Waals surface area contributed by atoms with Crippen molar-refractivity contribution in [3.05, 3.63) is 102 Å². The van der Waals surface area contributed by atoms with Gasteiger partial charge in [0.05, 0.1) is 10.4 Å². The van der Waals surface area contributed by atoms with Gasteiger partial charge in [-0.05, 0) is 55.0 Å². The number of hydrogen-bond acceptors (Lipinski definition) is 2. The predicted molar refractivity (Wildman–Crippen MR) is 124 cm³/mol. The van der Waals surface area contributed by atoms with E-state index in [1.807, 2.05) is 17.4 Å². The molecular weight excluding hydrogens is 382 g/mol. The number of aryl methyl sites for hydroxylation is 1. The van der Waals surface area contributed by atoms with Crippen molar-refractivity contribution in [3.8, 4) is 0 Å². The number of halogens is 1. The van der Waals surface area contributed by atoms with E-state index in [1.54, 1.807) is 0 Å². The summed E-state index contributed by atoms with van der Waals surface area (Å²) in [6, 6.07) is 31.9. The molecule has 0 fully saturated rings. The van der Waals surface area contributed by atoms with Gasteiger partial charge in [-0.25, -0.2) is 0 Å². The van der Waals surface area contributed by atoms with E-state index in [1.165, 1.54) is 25.9 Å². The Morgan fingerprint density at radius 2 is 1.46 bits per heavy atom. The first kappa shape index (κ1) is 17.3. The fourth-order valence-electron chi connectivity index (χ4n) is 3.68. The van der Waals surface area contributed by atoms with E-state index >= 15 is 0 Å². The lowest BCUT2D eigenvalue weighted by molar-refractivity contribution is 1.29. The van der Waals surface area contributed by atoms with Crippen molar-refractivity contribution >= 4 is 60.2 Å². The van der Waals surface area contributed by atoms with Crippen LogP contribution < -0.4 is 4.90 Å². The molecule has 0 amide bonds. The van der Waals surface area contributed by atoms with Crippen LogP contribution in [0, 0.1) is 6.92 Å². The number of nitrogens with zero attached hydrogens (tertiary/aromatic N) is 1. The third-order valence-electron chi connectivity index (χ3n) is 5.04. The van der Waals surface area contributed by atoms with Gasteiger partial charge in [0.1, 0.15) is 0 Å². The first-order valence-corrected chi connectivity index (χ1v) is 10.4. The number of thiophene rings is 1. The number of para-hydroxylation sites is 1. The minimum Gasteiger partial charge on any atom is -0.309 e. The Bertz CT molecular complexity index is 1290. The highest BCUT2D eigenvalue weighted by Crippen LogP contribution is 2.44. The maximum atomic E-state index is 6.31. The van der Waals surface area contributed by atoms with Crippen molar-refractivity contribution in [2.75, 3.05) is 4.90 Å². The average molecular weight is 400 g/mol. The molecule has 0 aliphatic rings. The second kappa shape index (κ2) is 6.97. The lowest BCUT2D eigenvalue weighted by Gasteiger charge is -2.26. The summed E-state index contributed by atoms with van der Waals surface area (Å²) in [6.07, 6.45) is 0. The number of benzene rings is 4. The van der Waals surface area contributed by atoms with Gasteiger partial charge < -0.3 is 4.90 Å². The van der Waals surface area contributed by atoms with Crippen LogP contribution in [-0.2, 0) is 0 Å². The Kier molecular flexibility index (Phi) is 4.31. The largest absolute Gasteiger partial charge is 0.309 e. The molecule has 1 heterocycles. The second-order valence-corrected chi connectivity index (χ2v) is 8.32. The zero-order chi connectivity index (χ0) is 19.1. The fraction of sp³-hybridized carbons (Fsp3) is 0.0400. The summed E-state index contributed by atoms with van der Waals surface area (Å²) in [5.41, 5.74) is 4.50. The molecule has 0 saturated carbocycles. The highest BCUT2D eigenvalue weighted by molar-refractivity contribution is 7.26. The molecule has 0 radical (unpaired) electrons. The summed E-state index contributed by atoms with van der Waals surface area (Å²) in [5.74, 6) is 0. The van der Waals surface area contributed by atoms with E-state index in [9.17, 15) is 0 Å². The van der Waals surface area contributed by atoms with Gasteiger partial charge in [0.15, 0.2) is 0 Å². The van der Waals surface area contributed by atoms with Gasteiger partial charge in [-0.2, -0.15) is 0 Å². The van der Waals surface area contributed by atoms with Crippen LogP contribution in [0.15, 0.2) is 91.0 Å². The third-order valence-corrected chi connectivity index (χ3v) is 6.67. The first-order chi connectivity index (χ1) is 13.7. The van der Waals surface area contributed by atoms with Crippen molar-refractivity contribution in [3.63, 3.8) is 0 Å². The van der Waals surface area contributed by atoms with Crippen LogP contribution in [0.5, 0.6) is 0 Å². The van der Waals surface area contributed by atoms with Gasteiger partial charge in [-0.1, -0.05) is 60.1 Å². The van der Waals surface area contributed by atoms with Gasteiger partial charge in [0, 0.05) is 31.9 Å². The fourth-order valence-corrected chi connectivity index (χ4v) is 5.00. The van der Waals surface area contributed by atoms with Gasteiger partial charge in [0.25, 0.3) is 0 Å². The van der Waals surface area contributed by atoms with Crippen molar-refractivity contribution in [2.24, 2.45) is 0 Å². The molecule has 0 aliphatic heterocycles. The molecule has 4 aromatic carbocycles. The van der Waals surface area contributed by atoms with E-state index in [0.29, 0.717) is 0 Å². The summed E-state index contributed by atoms with van der Waals surface area (Å²) in [7, 11) is 0. The van der Waals surface area contributed by atoms with E-state index in [2.05, 4.69) is 96.8 Å². The normalized spacial score (nSPS) is 11.2. The van der Waals surface area contributed by atoms with E-state index < -0.39 is 0 Å². The van der Waals surface area contributed by atoms with E-state index in [4.69, 9.17) is 11.6 Å². The van der Waals surface area contributed by atoms with Gasteiger partial charge in [-0.3, -0.25) is 0 Å². The minimum absolute atomic E-state index is 0.789. The van der Waals surface area contributed by atoms with Crippen LogP contribution in [0.2, 0.25) is 5.02 Å². The maximum absolute atomic E-state index is 6.31. The summed E-state index contributed by atoms with van der Waals surface area (Å²) in [4.78, 5) is 2.32. The monoisotopic (exact) mass is 399 g/mol. The predicted octanol–water partition coefficient (Wildman–Crippen LogP) is 8.49. The molecule has 136 valence electrons. The second-order valence-electron chi connectivity index (χ2n) is 6.86. The zero-order valence-corrected chi connectivity index (χ0v) is 17.0. The van der Waals surface area contributed by atoms with Gasteiger partial charge >= 0.3 is 0 Å². The lowest BCUT2D eigenvalue weighted by Crippen LogP contribution is -2.10. The van der Waals surface area contributed by atoms with Crippen molar-refractivity contribution in [1.29, 1.82) is 0 Å². The molecule has 0 bridgehead atoms. The van der Waals surface area contributed by atoms with Gasteiger partial charge in [-0.15, -0.1) is 11.3 Å². The molecule has 0 N–H and O–H groups in total. The molecule has 0 aliphatic carbocycles. The summed E-state index contributed by atoms with van der Waals surface area (Å²) < 4.78 is 2.60. The molecule has 1 aromatic heterocycles. The summed E-state index contributed by atoms with van der Waals surface area (Å²) in [6.45, 7) is 2.05. The molecule has 0 saturated heterocycles. The Morgan fingerprint density at radius 3 is 2.29 bits per heavy atom. The standard InChI is InChI=1S/C25H18ClNS/c1-17-16-19(14-15-22(17)26)27(18-8-3-2-4-9-18)23-12-7-11-21-20-10-5-6-13-24(20)28-25(21)23/h2-16H,1H3. The minimum atomic E-state index is 0.789. The number of rotatable bonds is 3. The molecule has 0 unspecified atom stereocenters. The average Bonchev–Trinajstić information content (AvgIpc) is 3.11. The molecule has 0 spiro atoms. The molecule has 0 atom stereocenters. The van der Waals surface area contributed by atoms with E-state index in [0.717, 1.165) is 22.0 Å². The highest BCUT2D eigenvalue weighted by atomic mass is 35.5. The van der Waals surface area contributed by atoms with Crippen LogP contribution in [-0.4, -0.2) is 0 Å². The quantitative estimate of drug-likeness (QED) is 0.294. The molecule has 5 aromatic rings. The Balaban J connectivity index is 1.81. The van der Waals surface area contributed by atoms with Crippen LogP contribution >= 0.6 is 22.9 Å². The first-order valence-electron chi connectivity index (χ1n) is 9.24. The number of fused-ring (bicyclic) bond motifs is 3. The molecule has 5 rings (SSSR count). The van der Waals surface area contributed by atoms with Crippen LogP contribution in [0.1, 0.15) is 5.56 Å². The van der Waals surface area contributed by atoms with E-state index in [-0.39, 0.29) is 0 Å². The smallest absolute Gasteiger partial charge is 0.0640 e. The van der Waals surface area contributed by atoms with Crippen LogP contribution in [0.4, 0.5) is 17.1 Å². The van der Waals surface area contributed by atoms with Crippen LogP contribution in [0.25, 0.3) is 20.2 Å². The van der Waals surface area contributed by atoms with Crippen LogP contribution in [0.3, 0.4) is 0 Å². The SMILES string of the molecule is Cc1cc(N(c2ccccc2)c2cccc3c2sc2ccccc23)ccc1Cl. The number of hydrogen-bond donors (Lipinski definition) is 0. The highest BCUT2D eigenvalue weighted by Gasteiger charge is 2.18. The van der Waals surface area contributed by atoms with Crippen molar-refractivity contribution in [2.45, 2.75) is 6.92 Å². The molecule has 1 nitrogen and oxygen atoms in total. The Labute approximate surface area is 173 Å². The molecular formula is C25H18ClNS. The summed E-state index contributed by atoms with van der Waals surface area (Å²) >= 11 is 8.15. The topological polar surface area (TPSA) is 3.24 Å². The lowest BCUT2D eigenvalue weighted by atomic mass is 10.1. The van der Waals surface area contributed by atoms with Crippen molar-refractivity contribution in [1.82, 2.24) is 0 Å². The molecule has 28 heavy (non-hydrogen) atoms. The van der Waals surface area contributed by atoms with Gasteiger partial charge in [0.2, 0.25) is 0 Å². The number of anilines is 3. The zero-order valence-electron chi connectivity index (χ0n) is 15.4. The Morgan fingerprint density at radius 1 is 0.714 bits per heavy atom. The molecule has 3 heteroatoms. The Hall–Kier alpha value is -2.81. The summed E-state index contributed by atoms with van der Waals surface area (Å²) in [5, 5.41) is 3.39.